The second-order valence-corrected chi connectivity index (χ2v) is 9.11. The van der Waals surface area contributed by atoms with Crippen molar-refractivity contribution >= 4 is 32.5 Å². The predicted octanol–water partition coefficient (Wildman–Crippen LogP) is 4.62. The molecule has 0 aliphatic rings. The Kier molecular flexibility index (Phi) is 5.17. The van der Waals surface area contributed by atoms with Crippen LogP contribution in [0.3, 0.4) is 0 Å². The number of aryl methyl sites for hydroxylation is 1. The summed E-state index contributed by atoms with van der Waals surface area (Å²) >= 11 is 6.45. The molecule has 2 heterocycles. The number of nitrogens with zero attached hydrogens (tertiary/aromatic N) is 2. The lowest BCUT2D eigenvalue weighted by Gasteiger charge is -2.10. The fraction of sp³-hybridized carbons (Fsp3) is 0.136. The molecule has 148 valence electrons. The van der Waals surface area contributed by atoms with Gasteiger partial charge < -0.3 is 5.32 Å². The zero-order chi connectivity index (χ0) is 20.6. The van der Waals surface area contributed by atoms with Crippen LogP contribution >= 0.6 is 11.6 Å². The van der Waals surface area contributed by atoms with Gasteiger partial charge in [-0.05, 0) is 54.9 Å². The van der Waals surface area contributed by atoms with E-state index in [2.05, 4.69) is 10.3 Å². The molecular formula is C22H20ClN3O2S. The SMILES string of the molecule is CNCc1cn(S(=O)(=O)c2cccnc2)c2cc(-c3ccc(C)cc3Cl)ccc12. The molecule has 0 atom stereocenters. The van der Waals surface area contributed by atoms with Crippen LogP contribution in [0.5, 0.6) is 0 Å². The number of benzene rings is 2. The van der Waals surface area contributed by atoms with Crippen LogP contribution in [0.1, 0.15) is 11.1 Å². The van der Waals surface area contributed by atoms with E-state index in [-0.39, 0.29) is 4.90 Å². The molecule has 7 heteroatoms. The summed E-state index contributed by atoms with van der Waals surface area (Å²) in [5.41, 5.74) is 4.29. The minimum atomic E-state index is -3.79. The molecule has 2 aromatic carbocycles. The fourth-order valence-corrected chi connectivity index (χ4v) is 5.12. The van der Waals surface area contributed by atoms with Crippen molar-refractivity contribution in [1.29, 1.82) is 0 Å². The number of hydrogen-bond donors (Lipinski definition) is 1. The van der Waals surface area contributed by atoms with Crippen molar-refractivity contribution in [3.8, 4) is 11.1 Å². The highest BCUT2D eigenvalue weighted by Crippen LogP contribution is 2.33. The zero-order valence-electron chi connectivity index (χ0n) is 16.1. The summed E-state index contributed by atoms with van der Waals surface area (Å²) in [5.74, 6) is 0. The normalized spacial score (nSPS) is 11.8. The summed E-state index contributed by atoms with van der Waals surface area (Å²) in [5, 5.41) is 4.61. The first-order valence-electron chi connectivity index (χ1n) is 9.12. The Bertz CT molecular complexity index is 1300. The van der Waals surface area contributed by atoms with Gasteiger partial charge in [-0.1, -0.05) is 35.9 Å². The van der Waals surface area contributed by atoms with Crippen molar-refractivity contribution in [3.63, 3.8) is 0 Å². The minimum absolute atomic E-state index is 0.145. The number of rotatable bonds is 5. The summed E-state index contributed by atoms with van der Waals surface area (Å²) in [6, 6.07) is 14.8. The molecule has 4 rings (SSSR count). The number of aromatic nitrogens is 2. The van der Waals surface area contributed by atoms with E-state index in [9.17, 15) is 8.42 Å². The van der Waals surface area contributed by atoms with Crippen LogP contribution in [-0.2, 0) is 16.6 Å². The average Bonchev–Trinajstić information content (AvgIpc) is 3.07. The number of nitrogens with one attached hydrogen (secondary N) is 1. The van der Waals surface area contributed by atoms with Crippen molar-refractivity contribution in [2.24, 2.45) is 0 Å². The zero-order valence-corrected chi connectivity index (χ0v) is 17.6. The fourth-order valence-electron chi connectivity index (χ4n) is 3.43. The largest absolute Gasteiger partial charge is 0.316 e. The minimum Gasteiger partial charge on any atom is -0.316 e. The molecule has 0 aliphatic heterocycles. The van der Waals surface area contributed by atoms with Gasteiger partial charge in [0.05, 0.1) is 5.52 Å². The van der Waals surface area contributed by atoms with Gasteiger partial charge in [0, 0.05) is 41.1 Å². The first-order chi connectivity index (χ1) is 13.9. The van der Waals surface area contributed by atoms with Crippen LogP contribution in [0.4, 0.5) is 0 Å². The molecule has 0 saturated carbocycles. The molecule has 0 fully saturated rings. The van der Waals surface area contributed by atoms with Gasteiger partial charge in [-0.15, -0.1) is 0 Å². The molecule has 0 unspecified atom stereocenters. The number of halogens is 1. The van der Waals surface area contributed by atoms with E-state index in [1.165, 1.54) is 10.2 Å². The number of fused-ring (bicyclic) bond motifs is 1. The van der Waals surface area contributed by atoms with E-state index in [0.29, 0.717) is 17.1 Å². The Morgan fingerprint density at radius 3 is 2.66 bits per heavy atom. The Morgan fingerprint density at radius 1 is 1.14 bits per heavy atom. The van der Waals surface area contributed by atoms with Crippen LogP contribution in [0.2, 0.25) is 5.02 Å². The van der Waals surface area contributed by atoms with Gasteiger partial charge in [0.15, 0.2) is 0 Å². The molecule has 0 amide bonds. The lowest BCUT2D eigenvalue weighted by Crippen LogP contribution is -2.12. The summed E-state index contributed by atoms with van der Waals surface area (Å²) in [6.45, 7) is 2.53. The molecule has 0 bridgehead atoms. The van der Waals surface area contributed by atoms with Gasteiger partial charge in [-0.25, -0.2) is 12.4 Å². The highest BCUT2D eigenvalue weighted by Gasteiger charge is 2.22. The summed E-state index contributed by atoms with van der Waals surface area (Å²) < 4.78 is 27.9. The van der Waals surface area contributed by atoms with Crippen LogP contribution in [0, 0.1) is 6.92 Å². The van der Waals surface area contributed by atoms with Gasteiger partial charge in [0.25, 0.3) is 10.0 Å². The van der Waals surface area contributed by atoms with Crippen molar-refractivity contribution in [2.45, 2.75) is 18.4 Å². The predicted molar refractivity (Wildman–Crippen MR) is 117 cm³/mol. The molecule has 4 aromatic rings. The molecule has 0 aliphatic carbocycles. The second-order valence-electron chi connectivity index (χ2n) is 6.89. The quantitative estimate of drug-likeness (QED) is 0.506. The molecule has 1 N–H and O–H groups in total. The molecule has 29 heavy (non-hydrogen) atoms. The molecule has 0 saturated heterocycles. The molecular weight excluding hydrogens is 406 g/mol. The van der Waals surface area contributed by atoms with E-state index in [1.54, 1.807) is 24.5 Å². The maximum absolute atomic E-state index is 13.3. The van der Waals surface area contributed by atoms with Crippen molar-refractivity contribution < 1.29 is 8.42 Å². The van der Waals surface area contributed by atoms with Gasteiger partial charge in [0.2, 0.25) is 0 Å². The van der Waals surface area contributed by atoms with Crippen LogP contribution < -0.4 is 5.32 Å². The monoisotopic (exact) mass is 425 g/mol. The summed E-state index contributed by atoms with van der Waals surface area (Å²) in [6.07, 6.45) is 4.58. The lowest BCUT2D eigenvalue weighted by molar-refractivity contribution is 0.588. The lowest BCUT2D eigenvalue weighted by atomic mass is 10.0. The summed E-state index contributed by atoms with van der Waals surface area (Å²) in [7, 11) is -1.95. The molecule has 5 nitrogen and oxygen atoms in total. The first-order valence-corrected chi connectivity index (χ1v) is 10.9. The first kappa shape index (κ1) is 19.6. The summed E-state index contributed by atoms with van der Waals surface area (Å²) in [4.78, 5) is 4.11. The van der Waals surface area contributed by atoms with Crippen LogP contribution in [0.15, 0.2) is 72.0 Å². The van der Waals surface area contributed by atoms with Gasteiger partial charge in [0.1, 0.15) is 4.90 Å². The highest BCUT2D eigenvalue weighted by atomic mass is 35.5. The standard InChI is InChI=1S/C22H20ClN3O2S/c1-15-5-7-19(21(23)10-15)16-6-8-20-17(12-24-2)14-26(22(20)11-16)29(27,28)18-4-3-9-25-13-18/h3-11,13-14,24H,12H2,1-2H3. The Hall–Kier alpha value is -2.67. The van der Waals surface area contributed by atoms with Crippen molar-refractivity contribution in [3.05, 3.63) is 83.3 Å². The van der Waals surface area contributed by atoms with Crippen molar-refractivity contribution in [2.75, 3.05) is 7.05 Å². The number of hydrogen-bond acceptors (Lipinski definition) is 4. The van der Waals surface area contributed by atoms with Gasteiger partial charge in [-0.3, -0.25) is 4.98 Å². The Labute approximate surface area is 175 Å². The van der Waals surface area contributed by atoms with E-state index in [4.69, 9.17) is 11.6 Å². The third kappa shape index (κ3) is 3.55. The smallest absolute Gasteiger partial charge is 0.269 e. The van der Waals surface area contributed by atoms with Gasteiger partial charge in [-0.2, -0.15) is 0 Å². The Balaban J connectivity index is 1.97. The van der Waals surface area contributed by atoms with E-state index < -0.39 is 10.0 Å². The molecule has 0 radical (unpaired) electrons. The Morgan fingerprint density at radius 2 is 1.97 bits per heavy atom. The molecule has 2 aromatic heterocycles. The van der Waals surface area contributed by atoms with E-state index in [0.717, 1.165) is 27.6 Å². The maximum Gasteiger partial charge on any atom is 0.269 e. The van der Waals surface area contributed by atoms with Crippen LogP contribution in [0.25, 0.3) is 22.0 Å². The third-order valence-corrected chi connectivity index (χ3v) is 6.82. The third-order valence-electron chi connectivity index (χ3n) is 4.85. The molecule has 0 spiro atoms. The average molecular weight is 426 g/mol. The van der Waals surface area contributed by atoms with E-state index in [1.807, 2.05) is 50.4 Å². The second kappa shape index (κ2) is 7.63. The van der Waals surface area contributed by atoms with Gasteiger partial charge >= 0.3 is 0 Å². The maximum atomic E-state index is 13.3. The van der Waals surface area contributed by atoms with E-state index >= 15 is 0 Å². The topological polar surface area (TPSA) is 64.0 Å². The van der Waals surface area contributed by atoms with Crippen molar-refractivity contribution in [1.82, 2.24) is 14.3 Å². The van der Waals surface area contributed by atoms with Crippen LogP contribution in [-0.4, -0.2) is 24.4 Å². The number of pyridine rings is 1. The highest BCUT2D eigenvalue weighted by molar-refractivity contribution is 7.90.